The number of aryl methyl sites for hydroxylation is 3. The van der Waals surface area contributed by atoms with Crippen LogP contribution in [0.2, 0.25) is 0 Å². The molecule has 0 amide bonds. The summed E-state index contributed by atoms with van der Waals surface area (Å²) in [4.78, 5) is 4.56. The SMILES string of the molecule is COCCCNc1nc(C)cn1-c1ccc(C)cc1C. The molecular formula is C16H23N3O. The topological polar surface area (TPSA) is 39.1 Å². The highest BCUT2D eigenvalue weighted by Gasteiger charge is 2.09. The fraction of sp³-hybridized carbons (Fsp3) is 0.438. The van der Waals surface area contributed by atoms with Crippen LogP contribution in [0.4, 0.5) is 5.95 Å². The first-order chi connectivity index (χ1) is 9.61. The number of ether oxygens (including phenoxy) is 1. The van der Waals surface area contributed by atoms with E-state index in [2.05, 4.69) is 53.1 Å². The van der Waals surface area contributed by atoms with Gasteiger partial charge in [0.05, 0.1) is 11.4 Å². The van der Waals surface area contributed by atoms with Gasteiger partial charge in [0.25, 0.3) is 0 Å². The van der Waals surface area contributed by atoms with Crippen molar-refractivity contribution in [1.82, 2.24) is 9.55 Å². The molecule has 0 atom stereocenters. The summed E-state index contributed by atoms with van der Waals surface area (Å²) in [5.74, 6) is 0.894. The second-order valence-electron chi connectivity index (χ2n) is 5.14. The summed E-state index contributed by atoms with van der Waals surface area (Å²) >= 11 is 0. The van der Waals surface area contributed by atoms with E-state index in [4.69, 9.17) is 4.74 Å². The number of anilines is 1. The van der Waals surface area contributed by atoms with Gasteiger partial charge in [-0.05, 0) is 38.8 Å². The molecule has 0 saturated heterocycles. The number of nitrogens with zero attached hydrogens (tertiary/aromatic N) is 2. The van der Waals surface area contributed by atoms with Crippen LogP contribution >= 0.6 is 0 Å². The van der Waals surface area contributed by atoms with Crippen molar-refractivity contribution in [2.45, 2.75) is 27.2 Å². The fourth-order valence-electron chi connectivity index (χ4n) is 2.30. The molecule has 1 aromatic heterocycles. The average molecular weight is 273 g/mol. The van der Waals surface area contributed by atoms with Gasteiger partial charge in [-0.15, -0.1) is 0 Å². The Kier molecular flexibility index (Phi) is 4.79. The van der Waals surface area contributed by atoms with E-state index in [-0.39, 0.29) is 0 Å². The summed E-state index contributed by atoms with van der Waals surface area (Å²) in [6.07, 6.45) is 3.03. The summed E-state index contributed by atoms with van der Waals surface area (Å²) in [6.45, 7) is 7.87. The molecule has 0 aliphatic carbocycles. The van der Waals surface area contributed by atoms with Crippen LogP contribution in [0.25, 0.3) is 5.69 Å². The van der Waals surface area contributed by atoms with Crippen molar-refractivity contribution in [3.05, 3.63) is 41.2 Å². The highest BCUT2D eigenvalue weighted by Crippen LogP contribution is 2.21. The maximum atomic E-state index is 5.06. The van der Waals surface area contributed by atoms with Crippen molar-refractivity contribution in [1.29, 1.82) is 0 Å². The van der Waals surface area contributed by atoms with Crippen LogP contribution in [0, 0.1) is 20.8 Å². The zero-order valence-corrected chi connectivity index (χ0v) is 12.7. The Hall–Kier alpha value is -1.81. The summed E-state index contributed by atoms with van der Waals surface area (Å²) in [6, 6.07) is 6.47. The molecule has 2 aromatic rings. The number of hydrogen-bond donors (Lipinski definition) is 1. The van der Waals surface area contributed by atoms with E-state index in [0.29, 0.717) is 0 Å². The van der Waals surface area contributed by atoms with E-state index >= 15 is 0 Å². The summed E-state index contributed by atoms with van der Waals surface area (Å²) in [7, 11) is 1.72. The summed E-state index contributed by atoms with van der Waals surface area (Å²) in [5, 5.41) is 3.38. The molecule has 2 rings (SSSR count). The predicted molar refractivity (Wildman–Crippen MR) is 82.8 cm³/mol. The molecule has 0 bridgehead atoms. The van der Waals surface area contributed by atoms with Crippen molar-refractivity contribution in [3.63, 3.8) is 0 Å². The second kappa shape index (κ2) is 6.57. The number of imidazole rings is 1. The zero-order valence-electron chi connectivity index (χ0n) is 12.7. The Morgan fingerprint density at radius 1 is 1.25 bits per heavy atom. The van der Waals surface area contributed by atoms with Crippen LogP contribution in [-0.2, 0) is 4.74 Å². The molecule has 4 nitrogen and oxygen atoms in total. The van der Waals surface area contributed by atoms with Gasteiger partial charge in [-0.1, -0.05) is 17.7 Å². The maximum absolute atomic E-state index is 5.06. The lowest BCUT2D eigenvalue weighted by Gasteiger charge is -2.12. The molecule has 20 heavy (non-hydrogen) atoms. The highest BCUT2D eigenvalue weighted by molar-refractivity contribution is 5.48. The van der Waals surface area contributed by atoms with Crippen LogP contribution in [-0.4, -0.2) is 29.8 Å². The molecular weight excluding hydrogens is 250 g/mol. The first-order valence-corrected chi connectivity index (χ1v) is 6.98. The van der Waals surface area contributed by atoms with Crippen molar-refractivity contribution < 1.29 is 4.74 Å². The molecule has 0 saturated carbocycles. The number of hydrogen-bond acceptors (Lipinski definition) is 3. The molecule has 0 aliphatic heterocycles. The Bertz CT molecular complexity index is 575. The van der Waals surface area contributed by atoms with Gasteiger partial charge in [0, 0.05) is 26.5 Å². The standard InChI is InChI=1S/C16H23N3O/c1-12-6-7-15(13(2)10-12)19-11-14(3)18-16(19)17-8-5-9-20-4/h6-7,10-11H,5,8-9H2,1-4H3,(H,17,18). The van der Waals surface area contributed by atoms with Gasteiger partial charge < -0.3 is 10.1 Å². The smallest absolute Gasteiger partial charge is 0.207 e. The minimum Gasteiger partial charge on any atom is -0.385 e. The quantitative estimate of drug-likeness (QED) is 0.821. The third-order valence-corrected chi connectivity index (χ3v) is 3.25. The van der Waals surface area contributed by atoms with Gasteiger partial charge >= 0.3 is 0 Å². The van der Waals surface area contributed by atoms with E-state index in [9.17, 15) is 0 Å². The molecule has 0 aliphatic rings. The number of aromatic nitrogens is 2. The van der Waals surface area contributed by atoms with E-state index in [0.717, 1.165) is 31.2 Å². The van der Waals surface area contributed by atoms with Crippen LogP contribution in [0.5, 0.6) is 0 Å². The van der Waals surface area contributed by atoms with Gasteiger partial charge in [0.15, 0.2) is 0 Å². The molecule has 0 fully saturated rings. The minimum absolute atomic E-state index is 0.760. The van der Waals surface area contributed by atoms with Crippen LogP contribution in [0.15, 0.2) is 24.4 Å². The van der Waals surface area contributed by atoms with E-state index < -0.39 is 0 Å². The number of benzene rings is 1. The maximum Gasteiger partial charge on any atom is 0.207 e. The lowest BCUT2D eigenvalue weighted by Crippen LogP contribution is -2.10. The molecule has 1 aromatic carbocycles. The van der Waals surface area contributed by atoms with Crippen molar-refractivity contribution >= 4 is 5.95 Å². The Labute approximate surface area is 120 Å². The molecule has 108 valence electrons. The first kappa shape index (κ1) is 14.6. The molecule has 0 radical (unpaired) electrons. The lowest BCUT2D eigenvalue weighted by atomic mass is 10.1. The largest absolute Gasteiger partial charge is 0.385 e. The Morgan fingerprint density at radius 2 is 2.05 bits per heavy atom. The fourth-order valence-corrected chi connectivity index (χ4v) is 2.30. The molecule has 1 heterocycles. The van der Waals surface area contributed by atoms with Crippen LogP contribution < -0.4 is 5.32 Å². The van der Waals surface area contributed by atoms with Gasteiger partial charge in [-0.3, -0.25) is 4.57 Å². The highest BCUT2D eigenvalue weighted by atomic mass is 16.5. The lowest BCUT2D eigenvalue weighted by molar-refractivity contribution is 0.197. The summed E-state index contributed by atoms with van der Waals surface area (Å²) in [5.41, 5.74) is 4.71. The minimum atomic E-state index is 0.760. The van der Waals surface area contributed by atoms with Gasteiger partial charge in [0.1, 0.15) is 0 Å². The van der Waals surface area contributed by atoms with E-state index in [1.54, 1.807) is 7.11 Å². The summed E-state index contributed by atoms with van der Waals surface area (Å²) < 4.78 is 7.19. The molecule has 0 spiro atoms. The van der Waals surface area contributed by atoms with Crippen LogP contribution in [0.1, 0.15) is 23.2 Å². The van der Waals surface area contributed by atoms with Crippen molar-refractivity contribution in [2.24, 2.45) is 0 Å². The van der Waals surface area contributed by atoms with Crippen molar-refractivity contribution in [2.75, 3.05) is 25.6 Å². The van der Waals surface area contributed by atoms with E-state index in [1.165, 1.54) is 16.8 Å². The number of nitrogens with one attached hydrogen (secondary N) is 1. The monoisotopic (exact) mass is 273 g/mol. The van der Waals surface area contributed by atoms with Crippen molar-refractivity contribution in [3.8, 4) is 5.69 Å². The van der Waals surface area contributed by atoms with Gasteiger partial charge in [-0.25, -0.2) is 4.98 Å². The first-order valence-electron chi connectivity index (χ1n) is 6.98. The Balaban J connectivity index is 2.22. The number of methoxy groups -OCH3 is 1. The second-order valence-corrected chi connectivity index (χ2v) is 5.14. The number of rotatable bonds is 6. The molecule has 0 unspecified atom stereocenters. The van der Waals surface area contributed by atoms with Gasteiger partial charge in [0.2, 0.25) is 5.95 Å². The third-order valence-electron chi connectivity index (χ3n) is 3.25. The third kappa shape index (κ3) is 3.39. The molecule has 1 N–H and O–H groups in total. The molecule has 4 heteroatoms. The predicted octanol–water partition coefficient (Wildman–Crippen LogP) is 3.25. The average Bonchev–Trinajstić information content (AvgIpc) is 2.76. The van der Waals surface area contributed by atoms with Crippen LogP contribution in [0.3, 0.4) is 0 Å². The Morgan fingerprint density at radius 3 is 2.75 bits per heavy atom. The van der Waals surface area contributed by atoms with Gasteiger partial charge in [-0.2, -0.15) is 0 Å². The van der Waals surface area contributed by atoms with E-state index in [1.807, 2.05) is 6.92 Å². The zero-order chi connectivity index (χ0) is 14.5. The normalized spacial score (nSPS) is 10.8.